The first-order valence-corrected chi connectivity index (χ1v) is 6.19. The molecule has 0 aromatic carbocycles. The van der Waals surface area contributed by atoms with Gasteiger partial charge in [-0.2, -0.15) is 0 Å². The maximum atomic E-state index is 11.8. The van der Waals surface area contributed by atoms with Crippen molar-refractivity contribution in [1.82, 2.24) is 4.90 Å². The van der Waals surface area contributed by atoms with E-state index in [1.807, 2.05) is 18.9 Å². The topological polar surface area (TPSA) is 20.3 Å². The van der Waals surface area contributed by atoms with Crippen LogP contribution in [0.25, 0.3) is 0 Å². The van der Waals surface area contributed by atoms with Crippen molar-refractivity contribution >= 4 is 33.2 Å². The van der Waals surface area contributed by atoms with Gasteiger partial charge in [0, 0.05) is 11.9 Å². The average molecular weight is 274 g/mol. The molecule has 2 unspecified atom stereocenters. The zero-order valence-corrected chi connectivity index (χ0v) is 10.8. The second-order valence-corrected chi connectivity index (χ2v) is 6.18. The SMILES string of the molecule is CC1C(=O)N(C)C(C)c2cc(Br)sc21. The van der Waals surface area contributed by atoms with Crippen LogP contribution in [-0.4, -0.2) is 17.9 Å². The highest BCUT2D eigenvalue weighted by Crippen LogP contribution is 2.42. The predicted octanol–water partition coefficient (Wildman–Crippen LogP) is 3.15. The summed E-state index contributed by atoms with van der Waals surface area (Å²) in [5.41, 5.74) is 1.29. The van der Waals surface area contributed by atoms with Crippen molar-refractivity contribution in [2.24, 2.45) is 0 Å². The van der Waals surface area contributed by atoms with Gasteiger partial charge in [-0.05, 0) is 41.4 Å². The van der Waals surface area contributed by atoms with Gasteiger partial charge in [-0.15, -0.1) is 11.3 Å². The van der Waals surface area contributed by atoms with Crippen molar-refractivity contribution in [2.75, 3.05) is 7.05 Å². The number of likely N-dealkylation sites (N-methyl/N-ethyl adjacent to an activating group) is 1. The normalized spacial score (nSPS) is 26.6. The molecule has 2 heterocycles. The van der Waals surface area contributed by atoms with E-state index in [-0.39, 0.29) is 17.9 Å². The monoisotopic (exact) mass is 273 g/mol. The molecule has 0 saturated heterocycles. The second kappa shape index (κ2) is 3.35. The van der Waals surface area contributed by atoms with E-state index < -0.39 is 0 Å². The Balaban J connectivity index is 2.55. The Labute approximate surface area is 96.0 Å². The highest BCUT2D eigenvalue weighted by molar-refractivity contribution is 9.11. The van der Waals surface area contributed by atoms with E-state index in [0.717, 1.165) is 3.79 Å². The fraction of sp³-hybridized carbons (Fsp3) is 0.500. The van der Waals surface area contributed by atoms with Crippen LogP contribution in [0.4, 0.5) is 0 Å². The number of carbonyl (C=O) groups is 1. The van der Waals surface area contributed by atoms with Crippen LogP contribution in [0.15, 0.2) is 9.85 Å². The standard InChI is InChI=1S/C10H12BrNOS/c1-5-9-7(4-8(11)14-9)6(2)12(3)10(5)13/h4-6H,1-3H3. The summed E-state index contributed by atoms with van der Waals surface area (Å²) in [4.78, 5) is 14.9. The van der Waals surface area contributed by atoms with Crippen LogP contribution >= 0.6 is 27.3 Å². The summed E-state index contributed by atoms with van der Waals surface area (Å²) < 4.78 is 1.12. The number of fused-ring (bicyclic) bond motifs is 1. The van der Waals surface area contributed by atoms with Crippen molar-refractivity contribution in [3.8, 4) is 0 Å². The summed E-state index contributed by atoms with van der Waals surface area (Å²) in [6, 6.07) is 2.33. The van der Waals surface area contributed by atoms with Crippen molar-refractivity contribution < 1.29 is 4.79 Å². The largest absolute Gasteiger partial charge is 0.338 e. The minimum atomic E-state index is 0.0162. The highest BCUT2D eigenvalue weighted by atomic mass is 79.9. The molecule has 1 aliphatic heterocycles. The molecule has 2 nitrogen and oxygen atoms in total. The van der Waals surface area contributed by atoms with Gasteiger partial charge in [0.25, 0.3) is 0 Å². The third-order valence-electron chi connectivity index (χ3n) is 2.90. The average Bonchev–Trinajstić information content (AvgIpc) is 2.54. The molecular formula is C10H12BrNOS. The van der Waals surface area contributed by atoms with Crippen LogP contribution in [0.2, 0.25) is 0 Å². The molecule has 14 heavy (non-hydrogen) atoms. The summed E-state index contributed by atoms with van der Waals surface area (Å²) >= 11 is 5.15. The lowest BCUT2D eigenvalue weighted by Crippen LogP contribution is -2.37. The van der Waals surface area contributed by atoms with Crippen LogP contribution in [0.1, 0.15) is 36.2 Å². The van der Waals surface area contributed by atoms with Gasteiger partial charge >= 0.3 is 0 Å². The highest BCUT2D eigenvalue weighted by Gasteiger charge is 2.34. The molecule has 2 atom stereocenters. The third kappa shape index (κ3) is 1.32. The maximum Gasteiger partial charge on any atom is 0.230 e. The quantitative estimate of drug-likeness (QED) is 0.711. The molecule has 0 bridgehead atoms. The van der Waals surface area contributed by atoms with Crippen LogP contribution in [0.5, 0.6) is 0 Å². The Hall–Kier alpha value is -0.350. The number of hydrogen-bond acceptors (Lipinski definition) is 2. The van der Waals surface area contributed by atoms with Gasteiger partial charge in [0.05, 0.1) is 15.7 Å². The Morgan fingerprint density at radius 1 is 1.50 bits per heavy atom. The Morgan fingerprint density at radius 3 is 2.79 bits per heavy atom. The van der Waals surface area contributed by atoms with E-state index >= 15 is 0 Å². The Morgan fingerprint density at radius 2 is 2.14 bits per heavy atom. The molecule has 0 saturated carbocycles. The molecule has 1 amide bonds. The fourth-order valence-corrected chi connectivity index (χ4v) is 3.66. The van der Waals surface area contributed by atoms with Crippen LogP contribution in [-0.2, 0) is 4.79 Å². The summed E-state index contributed by atoms with van der Waals surface area (Å²) in [6.07, 6.45) is 0. The fourth-order valence-electron chi connectivity index (χ4n) is 1.87. The zero-order valence-electron chi connectivity index (χ0n) is 8.37. The molecule has 0 radical (unpaired) electrons. The summed E-state index contributed by atoms with van der Waals surface area (Å²) in [5.74, 6) is 0.238. The number of nitrogens with zero attached hydrogens (tertiary/aromatic N) is 1. The first-order valence-electron chi connectivity index (χ1n) is 4.58. The predicted molar refractivity (Wildman–Crippen MR) is 61.6 cm³/mol. The zero-order chi connectivity index (χ0) is 10.5. The first-order chi connectivity index (χ1) is 6.52. The molecule has 0 N–H and O–H groups in total. The van der Waals surface area contributed by atoms with E-state index in [1.165, 1.54) is 10.4 Å². The van der Waals surface area contributed by atoms with E-state index in [2.05, 4.69) is 28.9 Å². The molecule has 0 spiro atoms. The Kier molecular flexibility index (Phi) is 2.43. The third-order valence-corrected chi connectivity index (χ3v) is 4.74. The van der Waals surface area contributed by atoms with Gasteiger partial charge in [0.2, 0.25) is 5.91 Å². The van der Waals surface area contributed by atoms with Crippen molar-refractivity contribution in [2.45, 2.75) is 25.8 Å². The van der Waals surface area contributed by atoms with Gasteiger partial charge in [0.15, 0.2) is 0 Å². The lowest BCUT2D eigenvalue weighted by atomic mass is 9.94. The van der Waals surface area contributed by atoms with Crippen LogP contribution in [0.3, 0.4) is 0 Å². The summed E-state index contributed by atoms with van der Waals surface area (Å²) in [5, 5.41) is 0. The van der Waals surface area contributed by atoms with Gasteiger partial charge in [-0.3, -0.25) is 4.79 Å². The van der Waals surface area contributed by atoms with E-state index in [1.54, 1.807) is 11.3 Å². The minimum absolute atomic E-state index is 0.0162. The van der Waals surface area contributed by atoms with Crippen molar-refractivity contribution in [1.29, 1.82) is 0 Å². The number of rotatable bonds is 0. The molecule has 4 heteroatoms. The number of thiophene rings is 1. The number of carbonyl (C=O) groups excluding carboxylic acids is 1. The number of amides is 1. The lowest BCUT2D eigenvalue weighted by Gasteiger charge is -2.33. The maximum absolute atomic E-state index is 11.8. The molecule has 76 valence electrons. The molecule has 1 aliphatic rings. The lowest BCUT2D eigenvalue weighted by molar-refractivity contribution is -0.134. The molecule has 2 rings (SSSR count). The summed E-state index contributed by atoms with van der Waals surface area (Å²) in [6.45, 7) is 4.05. The molecule has 1 aromatic heterocycles. The molecular weight excluding hydrogens is 262 g/mol. The van der Waals surface area contributed by atoms with E-state index in [4.69, 9.17) is 0 Å². The van der Waals surface area contributed by atoms with Gasteiger partial charge in [-0.1, -0.05) is 0 Å². The van der Waals surface area contributed by atoms with Gasteiger partial charge in [-0.25, -0.2) is 0 Å². The summed E-state index contributed by atoms with van der Waals surface area (Å²) in [7, 11) is 1.87. The van der Waals surface area contributed by atoms with Crippen LogP contribution < -0.4 is 0 Å². The smallest absolute Gasteiger partial charge is 0.230 e. The second-order valence-electron chi connectivity index (χ2n) is 3.72. The minimum Gasteiger partial charge on any atom is -0.338 e. The van der Waals surface area contributed by atoms with Crippen LogP contribution in [0, 0.1) is 0 Å². The first kappa shape index (κ1) is 10.2. The molecule has 0 fully saturated rings. The van der Waals surface area contributed by atoms with Crippen molar-refractivity contribution in [3.05, 3.63) is 20.3 Å². The number of halogens is 1. The van der Waals surface area contributed by atoms with Gasteiger partial charge in [0.1, 0.15) is 0 Å². The molecule has 0 aliphatic carbocycles. The van der Waals surface area contributed by atoms with Gasteiger partial charge < -0.3 is 4.90 Å². The molecule has 1 aromatic rings. The van der Waals surface area contributed by atoms with E-state index in [0.29, 0.717) is 0 Å². The number of hydrogen-bond donors (Lipinski definition) is 0. The Bertz CT molecular complexity index is 387. The van der Waals surface area contributed by atoms with Crippen molar-refractivity contribution in [3.63, 3.8) is 0 Å². The van der Waals surface area contributed by atoms with E-state index in [9.17, 15) is 4.79 Å².